The molecule has 0 heterocycles. The van der Waals surface area contributed by atoms with Crippen LogP contribution in [0.1, 0.15) is 13.8 Å². The van der Waals surface area contributed by atoms with E-state index in [1.54, 1.807) is 6.07 Å². The lowest BCUT2D eigenvalue weighted by Gasteiger charge is -2.13. The number of rotatable bonds is 6. The second-order valence-corrected chi connectivity index (χ2v) is 6.92. The van der Waals surface area contributed by atoms with Gasteiger partial charge in [-0.1, -0.05) is 18.5 Å². The maximum absolute atomic E-state index is 12.0. The third-order valence-electron chi connectivity index (χ3n) is 2.33. The van der Waals surface area contributed by atoms with E-state index in [4.69, 9.17) is 11.6 Å². The Morgan fingerprint density at radius 3 is 2.58 bits per heavy atom. The summed E-state index contributed by atoms with van der Waals surface area (Å²) in [6.45, 7) is 5.02. The van der Waals surface area contributed by atoms with Gasteiger partial charge in [0.25, 0.3) is 0 Å². The fourth-order valence-electron chi connectivity index (χ4n) is 1.38. The number of nitrogens with one attached hydrogen (secondary N) is 2. The van der Waals surface area contributed by atoms with E-state index < -0.39 is 10.0 Å². The molecule has 1 aromatic rings. The van der Waals surface area contributed by atoms with E-state index in [2.05, 4.69) is 26.0 Å². The summed E-state index contributed by atoms with van der Waals surface area (Å²) in [6, 6.07) is 4.63. The second-order valence-electron chi connectivity index (χ2n) is 3.89. The largest absolute Gasteiger partial charge is 0.313 e. The van der Waals surface area contributed by atoms with E-state index in [1.165, 1.54) is 12.1 Å². The van der Waals surface area contributed by atoms with Gasteiger partial charge < -0.3 is 5.32 Å². The highest BCUT2D eigenvalue weighted by atomic mass is 79.9. The molecule has 1 aromatic carbocycles. The summed E-state index contributed by atoms with van der Waals surface area (Å²) in [4.78, 5) is 0.166. The van der Waals surface area contributed by atoms with Crippen molar-refractivity contribution in [3.63, 3.8) is 0 Å². The Labute approximate surface area is 133 Å². The Morgan fingerprint density at radius 1 is 1.42 bits per heavy atom. The molecule has 0 spiro atoms. The lowest BCUT2D eigenvalue weighted by atomic mass is 10.3. The molecule has 4 nitrogen and oxygen atoms in total. The van der Waals surface area contributed by atoms with Crippen LogP contribution in [-0.2, 0) is 10.0 Å². The third kappa shape index (κ3) is 5.97. The van der Waals surface area contributed by atoms with Crippen molar-refractivity contribution < 1.29 is 8.42 Å². The van der Waals surface area contributed by atoms with E-state index in [9.17, 15) is 8.42 Å². The van der Waals surface area contributed by atoms with Gasteiger partial charge >= 0.3 is 0 Å². The number of hydrogen-bond donors (Lipinski definition) is 2. The van der Waals surface area contributed by atoms with E-state index in [-0.39, 0.29) is 23.3 Å². The van der Waals surface area contributed by atoms with Crippen LogP contribution in [0.25, 0.3) is 0 Å². The normalized spacial score (nSPS) is 12.8. The van der Waals surface area contributed by atoms with Crippen LogP contribution in [0, 0.1) is 0 Å². The molecule has 0 fully saturated rings. The molecule has 1 rings (SSSR count). The maximum atomic E-state index is 12.0. The van der Waals surface area contributed by atoms with E-state index in [1.807, 2.05) is 13.8 Å². The van der Waals surface area contributed by atoms with Crippen LogP contribution in [0.5, 0.6) is 0 Å². The van der Waals surface area contributed by atoms with Crippen molar-refractivity contribution >= 4 is 50.0 Å². The van der Waals surface area contributed by atoms with Gasteiger partial charge in [0, 0.05) is 17.1 Å². The predicted molar refractivity (Wildman–Crippen MR) is 84.7 cm³/mol. The lowest BCUT2D eigenvalue weighted by Crippen LogP contribution is -2.38. The van der Waals surface area contributed by atoms with Gasteiger partial charge in [0.2, 0.25) is 10.0 Å². The van der Waals surface area contributed by atoms with Gasteiger partial charge in [-0.25, -0.2) is 13.1 Å². The highest BCUT2D eigenvalue weighted by Crippen LogP contribution is 2.25. The van der Waals surface area contributed by atoms with Crippen LogP contribution in [0.15, 0.2) is 27.6 Å². The van der Waals surface area contributed by atoms with Crippen LogP contribution in [0.3, 0.4) is 0 Å². The zero-order valence-corrected chi connectivity index (χ0v) is 14.6. The van der Waals surface area contributed by atoms with Crippen LogP contribution < -0.4 is 10.0 Å². The molecule has 1 atom stereocenters. The van der Waals surface area contributed by atoms with Crippen molar-refractivity contribution in [2.45, 2.75) is 24.8 Å². The number of hydrogen-bond acceptors (Lipinski definition) is 3. The van der Waals surface area contributed by atoms with Crippen LogP contribution in [0.4, 0.5) is 0 Å². The third-order valence-corrected chi connectivity index (χ3v) is 4.99. The Morgan fingerprint density at radius 2 is 2.05 bits per heavy atom. The first kappa shape index (κ1) is 19.1. The minimum Gasteiger partial charge on any atom is -0.313 e. The summed E-state index contributed by atoms with van der Waals surface area (Å²) in [5.74, 6) is 0. The number of benzene rings is 1. The topological polar surface area (TPSA) is 58.2 Å². The molecule has 19 heavy (non-hydrogen) atoms. The zero-order chi connectivity index (χ0) is 13.8. The van der Waals surface area contributed by atoms with Crippen molar-refractivity contribution in [1.29, 1.82) is 0 Å². The molecular weight excluding hydrogens is 375 g/mol. The molecule has 0 saturated carbocycles. The van der Waals surface area contributed by atoms with Crippen LogP contribution >= 0.6 is 39.9 Å². The molecule has 0 aliphatic carbocycles. The smallest absolute Gasteiger partial charge is 0.240 e. The molecule has 8 heteroatoms. The summed E-state index contributed by atoms with van der Waals surface area (Å²) < 4.78 is 27.2. The first-order chi connectivity index (χ1) is 8.36. The molecular formula is C11H17BrCl2N2O2S. The van der Waals surface area contributed by atoms with E-state index in [0.29, 0.717) is 16.0 Å². The molecule has 0 aliphatic rings. The van der Waals surface area contributed by atoms with Gasteiger partial charge in [-0.05, 0) is 47.6 Å². The summed E-state index contributed by atoms with van der Waals surface area (Å²) in [5, 5.41) is 3.50. The Balaban J connectivity index is 0.00000324. The monoisotopic (exact) mass is 390 g/mol. The highest BCUT2D eigenvalue weighted by molar-refractivity contribution is 9.10. The summed E-state index contributed by atoms with van der Waals surface area (Å²) >= 11 is 9.10. The van der Waals surface area contributed by atoms with Gasteiger partial charge in [0.1, 0.15) is 0 Å². The molecule has 0 aliphatic heterocycles. The molecule has 110 valence electrons. The van der Waals surface area contributed by atoms with Crippen LogP contribution in [0.2, 0.25) is 5.02 Å². The minimum atomic E-state index is -3.51. The molecule has 0 radical (unpaired) electrons. The zero-order valence-electron chi connectivity index (χ0n) is 10.6. The Kier molecular flexibility index (Phi) is 8.51. The second kappa shape index (κ2) is 8.44. The Hall–Kier alpha value is 0.150. The SMILES string of the molecule is CCN[C@H](C)CNS(=O)(=O)c1ccc(Br)c(Cl)c1.Cl. The fourth-order valence-corrected chi connectivity index (χ4v) is 3.03. The predicted octanol–water partition coefficient (Wildman–Crippen LogP) is 2.80. The van der Waals surface area contributed by atoms with Crippen molar-refractivity contribution in [2.75, 3.05) is 13.1 Å². The fraction of sp³-hybridized carbons (Fsp3) is 0.455. The number of likely N-dealkylation sites (N-methyl/N-ethyl adjacent to an activating group) is 1. The molecule has 0 bridgehead atoms. The van der Waals surface area contributed by atoms with Gasteiger partial charge in [-0.3, -0.25) is 0 Å². The minimum absolute atomic E-state index is 0. The van der Waals surface area contributed by atoms with Gasteiger partial charge in [0.05, 0.1) is 9.92 Å². The molecule has 0 saturated heterocycles. The number of halogens is 3. The average Bonchev–Trinajstić information content (AvgIpc) is 2.30. The van der Waals surface area contributed by atoms with Crippen molar-refractivity contribution in [1.82, 2.24) is 10.0 Å². The highest BCUT2D eigenvalue weighted by Gasteiger charge is 2.15. The van der Waals surface area contributed by atoms with Gasteiger partial charge in [-0.2, -0.15) is 0 Å². The van der Waals surface area contributed by atoms with Gasteiger partial charge in [-0.15, -0.1) is 12.4 Å². The quantitative estimate of drug-likeness (QED) is 0.783. The summed E-state index contributed by atoms with van der Waals surface area (Å²) in [5.41, 5.74) is 0. The van der Waals surface area contributed by atoms with Crippen LogP contribution in [-0.4, -0.2) is 27.5 Å². The van der Waals surface area contributed by atoms with Crippen molar-refractivity contribution in [2.24, 2.45) is 0 Å². The summed E-state index contributed by atoms with van der Waals surface area (Å²) in [7, 11) is -3.51. The maximum Gasteiger partial charge on any atom is 0.240 e. The lowest BCUT2D eigenvalue weighted by molar-refractivity contribution is 0.536. The molecule has 0 aromatic heterocycles. The average molecular weight is 392 g/mol. The number of sulfonamides is 1. The van der Waals surface area contributed by atoms with E-state index >= 15 is 0 Å². The standard InChI is InChI=1S/C11H16BrClN2O2S.ClH/c1-3-14-8(2)7-15-18(16,17)9-4-5-10(12)11(13)6-9;/h4-6,8,14-15H,3,7H2,1-2H3;1H/t8-;/m1./s1. The van der Waals surface area contributed by atoms with Crippen molar-refractivity contribution in [3.05, 3.63) is 27.7 Å². The molecule has 0 unspecified atom stereocenters. The van der Waals surface area contributed by atoms with E-state index in [0.717, 1.165) is 6.54 Å². The van der Waals surface area contributed by atoms with Crippen molar-refractivity contribution in [3.8, 4) is 0 Å². The molecule has 0 amide bonds. The van der Waals surface area contributed by atoms with Gasteiger partial charge in [0.15, 0.2) is 0 Å². The molecule has 2 N–H and O–H groups in total. The first-order valence-corrected chi connectivity index (χ1v) is 8.20. The first-order valence-electron chi connectivity index (χ1n) is 5.55. The Bertz CT molecular complexity index is 511. The summed E-state index contributed by atoms with van der Waals surface area (Å²) in [6.07, 6.45) is 0.